The van der Waals surface area contributed by atoms with Crippen LogP contribution in [0.2, 0.25) is 0 Å². The summed E-state index contributed by atoms with van der Waals surface area (Å²) in [6, 6.07) is 27.0. The zero-order chi connectivity index (χ0) is 28.2. The van der Waals surface area contributed by atoms with Crippen LogP contribution in [0.25, 0.3) is 17.2 Å². The summed E-state index contributed by atoms with van der Waals surface area (Å²) in [4.78, 5) is 5.01. The van der Waals surface area contributed by atoms with Crippen molar-refractivity contribution in [3.05, 3.63) is 120 Å². The number of nitrogens with two attached hydrogens (primary N) is 1. The quantitative estimate of drug-likeness (QED) is 0.139. The third kappa shape index (κ3) is 5.87. The minimum absolute atomic E-state index is 0.200. The first-order chi connectivity index (χ1) is 20.0. The highest BCUT2D eigenvalue weighted by Gasteiger charge is 2.38. The molecular formula is C30H24N6O2S3. The van der Waals surface area contributed by atoms with Gasteiger partial charge < -0.3 is 20.5 Å². The molecular weight excluding hydrogens is 573 g/mol. The molecule has 204 valence electrons. The van der Waals surface area contributed by atoms with Crippen LogP contribution < -0.4 is 20.5 Å². The van der Waals surface area contributed by atoms with Crippen LogP contribution in [0.4, 0.5) is 0 Å². The summed E-state index contributed by atoms with van der Waals surface area (Å²) in [5.41, 5.74) is 7.07. The van der Waals surface area contributed by atoms with Crippen molar-refractivity contribution >= 4 is 41.3 Å². The Kier molecular flexibility index (Phi) is 7.55. The summed E-state index contributed by atoms with van der Waals surface area (Å²) in [6.45, 7) is 0. The van der Waals surface area contributed by atoms with Crippen molar-refractivity contribution in [1.29, 1.82) is 0 Å². The van der Waals surface area contributed by atoms with Crippen molar-refractivity contribution in [2.45, 2.75) is 16.2 Å². The first kappa shape index (κ1) is 26.8. The molecule has 0 amide bonds. The van der Waals surface area contributed by atoms with Gasteiger partial charge in [-0.1, -0.05) is 42.5 Å². The molecule has 3 N–H and O–H groups in total. The van der Waals surface area contributed by atoms with Gasteiger partial charge in [-0.25, -0.2) is 4.98 Å². The van der Waals surface area contributed by atoms with E-state index in [2.05, 4.69) is 15.5 Å². The molecule has 0 bridgehead atoms. The smallest absolute Gasteiger partial charge is 0.189 e. The van der Waals surface area contributed by atoms with E-state index in [-0.39, 0.29) is 5.11 Å². The van der Waals surface area contributed by atoms with E-state index >= 15 is 0 Å². The zero-order valence-electron chi connectivity index (χ0n) is 21.5. The Bertz CT molecular complexity index is 1730. The summed E-state index contributed by atoms with van der Waals surface area (Å²) in [7, 11) is 0. The molecule has 0 saturated heterocycles. The molecule has 2 heterocycles. The summed E-state index contributed by atoms with van der Waals surface area (Å²) in [5.74, 6) is 2.78. The van der Waals surface area contributed by atoms with Crippen LogP contribution in [-0.4, -0.2) is 24.9 Å². The Morgan fingerprint density at radius 2 is 1.66 bits per heavy atom. The first-order valence-electron chi connectivity index (χ1n) is 12.6. The van der Waals surface area contributed by atoms with Gasteiger partial charge in [-0.15, -0.1) is 34.2 Å². The highest BCUT2D eigenvalue weighted by Crippen LogP contribution is 2.42. The van der Waals surface area contributed by atoms with Gasteiger partial charge in [-0.05, 0) is 72.9 Å². The average molecular weight is 597 g/mol. The molecule has 1 atom stereocenters. The van der Waals surface area contributed by atoms with Crippen molar-refractivity contribution in [3.63, 3.8) is 0 Å². The lowest BCUT2D eigenvalue weighted by atomic mass is 9.94. The van der Waals surface area contributed by atoms with Crippen molar-refractivity contribution < 1.29 is 9.47 Å². The fourth-order valence-electron chi connectivity index (χ4n) is 4.36. The molecule has 6 rings (SSSR count). The molecule has 2 aromatic heterocycles. The second-order valence-corrected chi connectivity index (χ2v) is 11.3. The molecule has 5 aromatic rings. The lowest BCUT2D eigenvalue weighted by Gasteiger charge is -2.31. The molecule has 8 nitrogen and oxygen atoms in total. The summed E-state index contributed by atoms with van der Waals surface area (Å²) in [6.07, 6.45) is 8.00. The molecule has 11 heteroatoms. The fraction of sp³-hybridized carbons (Fsp3) is 0.0667. The number of thiazole rings is 1. The molecule has 0 fully saturated rings. The van der Waals surface area contributed by atoms with E-state index in [1.165, 1.54) is 11.3 Å². The van der Waals surface area contributed by atoms with Crippen LogP contribution in [0.3, 0.4) is 0 Å². The average Bonchev–Trinajstić information content (AvgIpc) is 3.62. The van der Waals surface area contributed by atoms with Gasteiger partial charge in [0.05, 0.1) is 4.21 Å². The number of allylic oxidation sites excluding steroid dienone is 1. The van der Waals surface area contributed by atoms with Gasteiger partial charge in [0.15, 0.2) is 16.5 Å². The number of nitrogens with one attached hydrogen (secondary N) is 1. The van der Waals surface area contributed by atoms with Gasteiger partial charge in [0.25, 0.3) is 0 Å². The monoisotopic (exact) mass is 596 g/mol. The minimum Gasteiger partial charge on any atom is -0.476 e. The van der Waals surface area contributed by atoms with Crippen LogP contribution >= 0.6 is 36.2 Å². The lowest BCUT2D eigenvalue weighted by molar-refractivity contribution is 0.120. The van der Waals surface area contributed by atoms with Crippen LogP contribution in [0.1, 0.15) is 11.4 Å². The third-order valence-corrected chi connectivity index (χ3v) is 7.90. The number of para-hydroxylation sites is 2. The second kappa shape index (κ2) is 11.6. The predicted molar refractivity (Wildman–Crippen MR) is 167 cm³/mol. The molecule has 0 spiro atoms. The Morgan fingerprint density at radius 1 is 0.976 bits per heavy atom. The highest BCUT2D eigenvalue weighted by atomic mass is 32.2. The van der Waals surface area contributed by atoms with Crippen molar-refractivity contribution in [3.8, 4) is 34.5 Å². The number of hydrogen-bond donors (Lipinski definition) is 3. The van der Waals surface area contributed by atoms with Gasteiger partial charge in [0.1, 0.15) is 34.3 Å². The van der Waals surface area contributed by atoms with E-state index in [9.17, 15) is 0 Å². The third-order valence-electron chi connectivity index (χ3n) is 6.29. The van der Waals surface area contributed by atoms with Crippen molar-refractivity contribution in [1.82, 2.24) is 25.1 Å². The van der Waals surface area contributed by atoms with Gasteiger partial charge in [-0.2, -0.15) is 0 Å². The van der Waals surface area contributed by atoms with Gasteiger partial charge in [-0.3, -0.25) is 4.57 Å². The maximum atomic E-state index is 6.58. The molecule has 0 radical (unpaired) electrons. The van der Waals surface area contributed by atoms with Crippen LogP contribution in [-0.2, 0) is 5.60 Å². The number of benzene rings is 3. The largest absolute Gasteiger partial charge is 0.476 e. The second-order valence-electron chi connectivity index (χ2n) is 9.10. The lowest BCUT2D eigenvalue weighted by Crippen LogP contribution is -2.35. The Hall–Kier alpha value is -4.45. The van der Waals surface area contributed by atoms with Crippen LogP contribution in [0.15, 0.2) is 119 Å². The normalized spacial score (nSPS) is 16.2. The number of thiol groups is 1. The van der Waals surface area contributed by atoms with Gasteiger partial charge in [0.2, 0.25) is 0 Å². The van der Waals surface area contributed by atoms with Gasteiger partial charge >= 0.3 is 0 Å². The number of hydrogen-bond acceptors (Lipinski definition) is 8. The topological polar surface area (TPSA) is 100 Å². The number of aromatic nitrogens is 4. The van der Waals surface area contributed by atoms with Crippen molar-refractivity contribution in [2.75, 3.05) is 0 Å². The molecule has 1 aliphatic rings. The summed E-state index contributed by atoms with van der Waals surface area (Å²) in [5, 5.41) is 12.5. The van der Waals surface area contributed by atoms with Crippen LogP contribution in [0, 0.1) is 0 Å². The van der Waals surface area contributed by atoms with Crippen molar-refractivity contribution in [2.24, 2.45) is 5.73 Å². The SMILES string of the molecule is NC(=S)NC1=CCC(Oc2ccccc2)(c2nc(-c3nncn3-c3ccc(Oc4ccccc4)cc3)c(S)s2)C=C1. The molecule has 0 aliphatic heterocycles. The summed E-state index contributed by atoms with van der Waals surface area (Å²) < 4.78 is 15.1. The molecule has 1 aliphatic carbocycles. The maximum absolute atomic E-state index is 6.58. The minimum atomic E-state index is -0.871. The number of thiocarbonyl (C=S) groups is 1. The van der Waals surface area contributed by atoms with E-state index in [1.807, 2.05) is 108 Å². The predicted octanol–water partition coefficient (Wildman–Crippen LogP) is 6.42. The number of rotatable bonds is 8. The van der Waals surface area contributed by atoms with Crippen LogP contribution in [0.5, 0.6) is 17.2 Å². The molecule has 0 saturated carbocycles. The molecule has 3 aromatic carbocycles. The standard InChI is InChI=1S/C30H24N6O2S3/c31-29(40)33-20-15-17-30(18-16-20,38-24-9-5-2-6-10-24)28-34-25(27(39)41-28)26-35-32-19-36(26)21-11-13-23(14-12-21)37-22-7-3-1-4-8-22/h1-17,19,39H,18H2,(H3,31,33,40). The molecule has 1 unspecified atom stereocenters. The van der Waals surface area contributed by atoms with E-state index in [4.69, 9.17) is 45.0 Å². The molecule has 41 heavy (non-hydrogen) atoms. The van der Waals surface area contributed by atoms with E-state index < -0.39 is 5.60 Å². The maximum Gasteiger partial charge on any atom is 0.189 e. The zero-order valence-corrected chi connectivity index (χ0v) is 24.1. The summed E-state index contributed by atoms with van der Waals surface area (Å²) >= 11 is 11.2. The van der Waals surface area contributed by atoms with E-state index in [1.54, 1.807) is 6.33 Å². The number of nitrogens with zero attached hydrogens (tertiary/aromatic N) is 4. The number of ether oxygens (including phenoxy) is 2. The highest BCUT2D eigenvalue weighted by molar-refractivity contribution is 7.83. The van der Waals surface area contributed by atoms with E-state index in [0.717, 1.165) is 33.6 Å². The first-order valence-corrected chi connectivity index (χ1v) is 14.3. The Balaban J connectivity index is 1.31. The Morgan fingerprint density at radius 3 is 2.32 bits per heavy atom. The van der Waals surface area contributed by atoms with E-state index in [0.29, 0.717) is 22.1 Å². The fourth-order valence-corrected chi connectivity index (χ4v) is 5.80. The van der Waals surface area contributed by atoms with Gasteiger partial charge in [0, 0.05) is 17.8 Å². The Labute approximate surface area is 251 Å².